The number of rotatable bonds is 3. The zero-order valence-corrected chi connectivity index (χ0v) is 7.75. The highest BCUT2D eigenvalue weighted by Crippen LogP contribution is 2.05. The Kier molecular flexibility index (Phi) is 3.72. The maximum absolute atomic E-state index is 5.47. The van der Waals surface area contributed by atoms with E-state index >= 15 is 0 Å². The van der Waals surface area contributed by atoms with Crippen LogP contribution in [0, 0.1) is 0 Å². The van der Waals surface area contributed by atoms with E-state index in [0.29, 0.717) is 12.6 Å². The maximum Gasteiger partial charge on any atom is 0.0674 e. The number of hydrogen-bond acceptors (Lipinski definition) is 3. The Hall–Kier alpha value is -0.380. The summed E-state index contributed by atoms with van der Waals surface area (Å²) in [6, 6.07) is 0. The fraction of sp³-hybridized carbons (Fsp3) is 0.778. The summed E-state index contributed by atoms with van der Waals surface area (Å²) >= 11 is 0. The molecule has 1 aliphatic heterocycles. The van der Waals surface area contributed by atoms with Crippen molar-refractivity contribution < 1.29 is 4.74 Å². The van der Waals surface area contributed by atoms with E-state index in [-0.39, 0.29) is 0 Å². The third-order valence-electron chi connectivity index (χ3n) is 2.06. The normalized spacial score (nSPS) is 25.7. The highest BCUT2D eigenvalue weighted by molar-refractivity contribution is 4.99. The second-order valence-corrected chi connectivity index (χ2v) is 3.37. The van der Waals surface area contributed by atoms with Crippen molar-refractivity contribution in [2.45, 2.75) is 13.0 Å². The third kappa shape index (κ3) is 2.93. The molecule has 0 bridgehead atoms. The first kappa shape index (κ1) is 9.71. The van der Waals surface area contributed by atoms with E-state index in [1.54, 1.807) is 0 Å². The molecule has 0 aliphatic carbocycles. The summed E-state index contributed by atoms with van der Waals surface area (Å²) in [6.07, 6.45) is 0.351. The Balaban J connectivity index is 2.27. The Labute approximate surface area is 74.2 Å². The second kappa shape index (κ2) is 4.60. The fourth-order valence-electron chi connectivity index (χ4n) is 1.41. The standard InChI is InChI=1S/C9H18N2O/c1-8(5-10)6-11-3-4-12-9(2)7-11/h9H,1,3-7,10H2,2H3. The van der Waals surface area contributed by atoms with Crippen LogP contribution in [0.4, 0.5) is 0 Å². The number of nitrogens with zero attached hydrogens (tertiary/aromatic N) is 1. The van der Waals surface area contributed by atoms with Gasteiger partial charge in [0.05, 0.1) is 12.7 Å². The summed E-state index contributed by atoms with van der Waals surface area (Å²) in [5, 5.41) is 0. The molecule has 2 N–H and O–H groups in total. The predicted molar refractivity (Wildman–Crippen MR) is 50.0 cm³/mol. The van der Waals surface area contributed by atoms with Crippen molar-refractivity contribution in [1.29, 1.82) is 0 Å². The van der Waals surface area contributed by atoms with Crippen molar-refractivity contribution in [3.63, 3.8) is 0 Å². The molecule has 0 saturated carbocycles. The van der Waals surface area contributed by atoms with E-state index in [4.69, 9.17) is 10.5 Å². The topological polar surface area (TPSA) is 38.5 Å². The molecule has 0 radical (unpaired) electrons. The van der Waals surface area contributed by atoms with Crippen molar-refractivity contribution in [2.75, 3.05) is 32.8 Å². The summed E-state index contributed by atoms with van der Waals surface area (Å²) in [4.78, 5) is 2.34. The summed E-state index contributed by atoms with van der Waals surface area (Å²) in [7, 11) is 0. The first-order valence-electron chi connectivity index (χ1n) is 4.43. The van der Waals surface area contributed by atoms with E-state index < -0.39 is 0 Å². The summed E-state index contributed by atoms with van der Waals surface area (Å²) in [6.45, 7) is 10.3. The van der Waals surface area contributed by atoms with Gasteiger partial charge < -0.3 is 10.5 Å². The lowest BCUT2D eigenvalue weighted by Crippen LogP contribution is -2.42. The maximum atomic E-state index is 5.47. The lowest BCUT2D eigenvalue weighted by molar-refractivity contribution is -0.0149. The predicted octanol–water partition coefficient (Wildman–Crippen LogP) is 0.222. The molecule has 70 valence electrons. The average molecular weight is 170 g/mol. The third-order valence-corrected chi connectivity index (χ3v) is 2.06. The minimum absolute atomic E-state index is 0.351. The zero-order valence-electron chi connectivity index (χ0n) is 7.75. The van der Waals surface area contributed by atoms with E-state index in [1.165, 1.54) is 0 Å². The smallest absolute Gasteiger partial charge is 0.0674 e. The van der Waals surface area contributed by atoms with Gasteiger partial charge in [-0.05, 0) is 12.5 Å². The zero-order chi connectivity index (χ0) is 8.97. The van der Waals surface area contributed by atoms with Gasteiger partial charge in [-0.2, -0.15) is 0 Å². The molecule has 1 atom stereocenters. The van der Waals surface area contributed by atoms with Gasteiger partial charge in [0, 0.05) is 26.2 Å². The van der Waals surface area contributed by atoms with Gasteiger partial charge in [-0.3, -0.25) is 4.90 Å². The van der Waals surface area contributed by atoms with Crippen LogP contribution in [-0.4, -0.2) is 43.8 Å². The highest BCUT2D eigenvalue weighted by Gasteiger charge is 2.16. The molecule has 0 amide bonds. The largest absolute Gasteiger partial charge is 0.376 e. The van der Waals surface area contributed by atoms with Crippen LogP contribution in [0.3, 0.4) is 0 Å². The van der Waals surface area contributed by atoms with E-state index in [0.717, 1.165) is 31.8 Å². The molecule has 12 heavy (non-hydrogen) atoms. The van der Waals surface area contributed by atoms with E-state index in [9.17, 15) is 0 Å². The molecule has 1 saturated heterocycles. The van der Waals surface area contributed by atoms with Crippen LogP contribution in [-0.2, 0) is 4.74 Å². The molecule has 3 nitrogen and oxygen atoms in total. The summed E-state index contributed by atoms with van der Waals surface area (Å²) < 4.78 is 5.42. The first-order chi connectivity index (χ1) is 5.72. The lowest BCUT2D eigenvalue weighted by atomic mass is 10.2. The molecular formula is C9H18N2O. The highest BCUT2D eigenvalue weighted by atomic mass is 16.5. The monoisotopic (exact) mass is 170 g/mol. The van der Waals surface area contributed by atoms with Crippen LogP contribution in [0.25, 0.3) is 0 Å². The second-order valence-electron chi connectivity index (χ2n) is 3.37. The molecule has 0 aromatic heterocycles. The number of ether oxygens (including phenoxy) is 1. The molecule has 0 spiro atoms. The van der Waals surface area contributed by atoms with Crippen molar-refractivity contribution in [3.05, 3.63) is 12.2 Å². The number of morpholine rings is 1. The lowest BCUT2D eigenvalue weighted by Gasteiger charge is -2.31. The van der Waals surface area contributed by atoms with Crippen molar-refractivity contribution >= 4 is 0 Å². The van der Waals surface area contributed by atoms with Gasteiger partial charge in [-0.15, -0.1) is 0 Å². The Morgan fingerprint density at radius 2 is 2.50 bits per heavy atom. The molecule has 1 rings (SSSR count). The van der Waals surface area contributed by atoms with Gasteiger partial charge in [-0.25, -0.2) is 0 Å². The minimum atomic E-state index is 0.351. The molecule has 0 aromatic carbocycles. The van der Waals surface area contributed by atoms with Crippen LogP contribution in [0.2, 0.25) is 0 Å². The molecule has 3 heteroatoms. The van der Waals surface area contributed by atoms with Gasteiger partial charge in [-0.1, -0.05) is 6.58 Å². The average Bonchev–Trinajstić information content (AvgIpc) is 2.04. The van der Waals surface area contributed by atoms with Crippen LogP contribution in [0.15, 0.2) is 12.2 Å². The van der Waals surface area contributed by atoms with E-state index in [2.05, 4.69) is 18.4 Å². The SMILES string of the molecule is C=C(CN)CN1CCOC(C)C1. The van der Waals surface area contributed by atoms with Gasteiger partial charge in [0.1, 0.15) is 0 Å². The van der Waals surface area contributed by atoms with Crippen LogP contribution >= 0.6 is 0 Å². The van der Waals surface area contributed by atoms with Crippen molar-refractivity contribution in [2.24, 2.45) is 5.73 Å². The van der Waals surface area contributed by atoms with Gasteiger partial charge in [0.15, 0.2) is 0 Å². The molecular weight excluding hydrogens is 152 g/mol. The van der Waals surface area contributed by atoms with Crippen molar-refractivity contribution in [1.82, 2.24) is 4.90 Å². The summed E-state index contributed by atoms with van der Waals surface area (Å²) in [5.41, 5.74) is 6.57. The Morgan fingerprint density at radius 3 is 3.08 bits per heavy atom. The quantitative estimate of drug-likeness (QED) is 0.616. The summed E-state index contributed by atoms with van der Waals surface area (Å²) in [5.74, 6) is 0. The van der Waals surface area contributed by atoms with Crippen LogP contribution in [0.1, 0.15) is 6.92 Å². The van der Waals surface area contributed by atoms with Crippen LogP contribution in [0.5, 0.6) is 0 Å². The fourth-order valence-corrected chi connectivity index (χ4v) is 1.41. The minimum Gasteiger partial charge on any atom is -0.376 e. The number of nitrogens with two attached hydrogens (primary N) is 1. The van der Waals surface area contributed by atoms with Gasteiger partial charge in [0.25, 0.3) is 0 Å². The number of hydrogen-bond donors (Lipinski definition) is 1. The first-order valence-corrected chi connectivity index (χ1v) is 4.43. The molecule has 1 fully saturated rings. The Bertz CT molecular complexity index is 159. The van der Waals surface area contributed by atoms with Crippen molar-refractivity contribution in [3.8, 4) is 0 Å². The van der Waals surface area contributed by atoms with Crippen LogP contribution < -0.4 is 5.73 Å². The molecule has 1 unspecified atom stereocenters. The Morgan fingerprint density at radius 1 is 1.75 bits per heavy atom. The van der Waals surface area contributed by atoms with Gasteiger partial charge in [0.2, 0.25) is 0 Å². The van der Waals surface area contributed by atoms with E-state index in [1.807, 2.05) is 0 Å². The molecule has 0 aromatic rings. The molecule has 1 heterocycles. The molecule has 1 aliphatic rings. The van der Waals surface area contributed by atoms with Gasteiger partial charge >= 0.3 is 0 Å².